The van der Waals surface area contributed by atoms with Crippen molar-refractivity contribution in [3.05, 3.63) is 28.2 Å². The molecule has 2 unspecified atom stereocenters. The van der Waals surface area contributed by atoms with E-state index in [1.807, 2.05) is 13.0 Å². The van der Waals surface area contributed by atoms with Crippen LogP contribution in [0.1, 0.15) is 19.4 Å². The van der Waals surface area contributed by atoms with Crippen molar-refractivity contribution in [2.45, 2.75) is 32.4 Å². The molecule has 0 aliphatic heterocycles. The molecule has 0 aromatic heterocycles. The molecular formula is C13H17BrN2O4. The fraction of sp³-hybridized carbons (Fsp3) is 0.385. The SMILES string of the molecule is CCc1cc(Br)ccc1NC(=O)NC(C(=O)O)C(C)O. The molecule has 0 spiro atoms. The Morgan fingerprint density at radius 2 is 2.05 bits per heavy atom. The predicted octanol–water partition coefficient (Wildman–Crippen LogP) is 1.97. The molecule has 4 N–H and O–H groups in total. The summed E-state index contributed by atoms with van der Waals surface area (Å²) in [5.41, 5.74) is 1.52. The number of rotatable bonds is 5. The lowest BCUT2D eigenvalue weighted by molar-refractivity contribution is -0.141. The summed E-state index contributed by atoms with van der Waals surface area (Å²) in [5, 5.41) is 23.0. The minimum absolute atomic E-state index is 0.600. The van der Waals surface area contributed by atoms with Crippen molar-refractivity contribution in [1.82, 2.24) is 5.32 Å². The molecule has 7 heteroatoms. The molecule has 1 aromatic rings. The molecule has 0 saturated heterocycles. The van der Waals surface area contributed by atoms with E-state index >= 15 is 0 Å². The highest BCUT2D eigenvalue weighted by molar-refractivity contribution is 9.10. The molecule has 0 heterocycles. The largest absolute Gasteiger partial charge is 0.480 e. The maximum Gasteiger partial charge on any atom is 0.328 e. The maximum absolute atomic E-state index is 11.8. The summed E-state index contributed by atoms with van der Waals surface area (Å²) in [7, 11) is 0. The van der Waals surface area contributed by atoms with E-state index in [4.69, 9.17) is 5.11 Å². The first-order chi connectivity index (χ1) is 9.35. The van der Waals surface area contributed by atoms with E-state index < -0.39 is 24.1 Å². The topological polar surface area (TPSA) is 98.7 Å². The van der Waals surface area contributed by atoms with Gasteiger partial charge in [0.1, 0.15) is 0 Å². The molecule has 2 amide bonds. The van der Waals surface area contributed by atoms with Crippen LogP contribution in [0.4, 0.5) is 10.5 Å². The average Bonchev–Trinajstić information content (AvgIpc) is 2.37. The molecule has 20 heavy (non-hydrogen) atoms. The summed E-state index contributed by atoms with van der Waals surface area (Å²) in [5.74, 6) is -1.29. The number of urea groups is 1. The second-order valence-electron chi connectivity index (χ2n) is 4.31. The quantitative estimate of drug-likeness (QED) is 0.656. The molecule has 0 fully saturated rings. The van der Waals surface area contributed by atoms with Crippen molar-refractivity contribution >= 4 is 33.6 Å². The number of hydrogen-bond acceptors (Lipinski definition) is 3. The number of hydrogen-bond donors (Lipinski definition) is 4. The van der Waals surface area contributed by atoms with Crippen LogP contribution in [0.2, 0.25) is 0 Å². The van der Waals surface area contributed by atoms with Gasteiger partial charge in [-0.2, -0.15) is 0 Å². The monoisotopic (exact) mass is 344 g/mol. The zero-order valence-corrected chi connectivity index (χ0v) is 12.8. The maximum atomic E-state index is 11.8. The number of anilines is 1. The Bertz CT molecular complexity index is 505. The molecule has 0 aliphatic carbocycles. The molecule has 1 aromatic carbocycles. The molecule has 110 valence electrons. The van der Waals surface area contributed by atoms with Gasteiger partial charge in [0, 0.05) is 10.2 Å². The number of aliphatic hydroxyl groups is 1. The highest BCUT2D eigenvalue weighted by Crippen LogP contribution is 2.21. The van der Waals surface area contributed by atoms with E-state index in [0.29, 0.717) is 12.1 Å². The average molecular weight is 345 g/mol. The lowest BCUT2D eigenvalue weighted by Gasteiger charge is -2.18. The fourth-order valence-electron chi connectivity index (χ4n) is 1.67. The summed E-state index contributed by atoms with van der Waals surface area (Å²) < 4.78 is 0.896. The number of amides is 2. The third kappa shape index (κ3) is 4.50. The number of halogens is 1. The first kappa shape index (κ1) is 16.5. The predicted molar refractivity (Wildman–Crippen MR) is 78.8 cm³/mol. The molecule has 0 radical (unpaired) electrons. The molecule has 0 saturated carbocycles. The number of carbonyl (C=O) groups is 2. The Balaban J connectivity index is 2.78. The van der Waals surface area contributed by atoms with Gasteiger partial charge in [-0.15, -0.1) is 0 Å². The zero-order chi connectivity index (χ0) is 15.3. The number of aliphatic carboxylic acids is 1. The van der Waals surface area contributed by atoms with E-state index in [9.17, 15) is 14.7 Å². The first-order valence-corrected chi connectivity index (χ1v) is 6.91. The van der Waals surface area contributed by atoms with E-state index in [-0.39, 0.29) is 0 Å². The number of aliphatic hydroxyl groups excluding tert-OH is 1. The van der Waals surface area contributed by atoms with Crippen molar-refractivity contribution in [3.8, 4) is 0 Å². The van der Waals surface area contributed by atoms with Crippen LogP contribution in [0.25, 0.3) is 0 Å². The van der Waals surface area contributed by atoms with Crippen LogP contribution in [-0.4, -0.2) is 34.4 Å². The molecular weight excluding hydrogens is 328 g/mol. The van der Waals surface area contributed by atoms with Crippen LogP contribution in [0.15, 0.2) is 22.7 Å². The van der Waals surface area contributed by atoms with Crippen LogP contribution in [0.5, 0.6) is 0 Å². The number of carboxylic acids is 1. The van der Waals surface area contributed by atoms with Gasteiger partial charge in [0.25, 0.3) is 0 Å². The van der Waals surface area contributed by atoms with Gasteiger partial charge in [-0.25, -0.2) is 9.59 Å². The minimum Gasteiger partial charge on any atom is -0.480 e. The normalized spacial score (nSPS) is 13.4. The van der Waals surface area contributed by atoms with Gasteiger partial charge in [-0.05, 0) is 37.1 Å². The lowest BCUT2D eigenvalue weighted by atomic mass is 10.1. The van der Waals surface area contributed by atoms with Gasteiger partial charge in [0.15, 0.2) is 6.04 Å². The molecule has 0 aliphatic rings. The zero-order valence-electron chi connectivity index (χ0n) is 11.2. The Labute approximate surface area is 125 Å². The summed E-state index contributed by atoms with van der Waals surface area (Å²) in [6.07, 6.45) is -0.470. The smallest absolute Gasteiger partial charge is 0.328 e. The molecule has 2 atom stereocenters. The van der Waals surface area contributed by atoms with Gasteiger partial charge in [0.2, 0.25) is 0 Å². The Hall–Kier alpha value is -1.60. The number of benzene rings is 1. The first-order valence-electron chi connectivity index (χ1n) is 6.12. The van der Waals surface area contributed by atoms with Crippen LogP contribution < -0.4 is 10.6 Å². The second kappa shape index (κ2) is 7.25. The van der Waals surface area contributed by atoms with Gasteiger partial charge < -0.3 is 20.8 Å². The van der Waals surface area contributed by atoms with E-state index in [1.54, 1.807) is 12.1 Å². The molecule has 0 bridgehead atoms. The Kier molecular flexibility index (Phi) is 5.97. The number of aryl methyl sites for hydroxylation is 1. The van der Waals surface area contributed by atoms with E-state index in [0.717, 1.165) is 10.0 Å². The van der Waals surface area contributed by atoms with Crippen LogP contribution in [0.3, 0.4) is 0 Å². The molecule has 6 nitrogen and oxygen atoms in total. The van der Waals surface area contributed by atoms with Crippen LogP contribution >= 0.6 is 15.9 Å². The standard InChI is InChI=1S/C13H17BrN2O4/c1-3-8-6-9(14)4-5-10(8)15-13(20)16-11(7(2)17)12(18)19/h4-7,11,17H,3H2,1-2H3,(H,18,19)(H2,15,16,20). The second-order valence-corrected chi connectivity index (χ2v) is 5.23. The summed E-state index contributed by atoms with van der Waals surface area (Å²) in [4.78, 5) is 22.7. The Morgan fingerprint density at radius 3 is 2.55 bits per heavy atom. The van der Waals surface area contributed by atoms with E-state index in [1.165, 1.54) is 6.92 Å². The van der Waals surface area contributed by atoms with Crippen molar-refractivity contribution < 1.29 is 19.8 Å². The van der Waals surface area contributed by atoms with Gasteiger partial charge in [0.05, 0.1) is 6.10 Å². The Morgan fingerprint density at radius 1 is 1.40 bits per heavy atom. The lowest BCUT2D eigenvalue weighted by Crippen LogP contribution is -2.49. The van der Waals surface area contributed by atoms with Gasteiger partial charge >= 0.3 is 12.0 Å². The van der Waals surface area contributed by atoms with Crippen molar-refractivity contribution in [2.24, 2.45) is 0 Å². The number of carbonyl (C=O) groups excluding carboxylic acids is 1. The fourth-order valence-corrected chi connectivity index (χ4v) is 2.07. The highest BCUT2D eigenvalue weighted by atomic mass is 79.9. The van der Waals surface area contributed by atoms with Crippen molar-refractivity contribution in [1.29, 1.82) is 0 Å². The summed E-state index contributed by atoms with van der Waals surface area (Å²) in [6, 6.07) is 3.35. The van der Waals surface area contributed by atoms with Crippen molar-refractivity contribution in [3.63, 3.8) is 0 Å². The van der Waals surface area contributed by atoms with Crippen molar-refractivity contribution in [2.75, 3.05) is 5.32 Å². The number of carboxylic acid groups (broad SMARTS) is 1. The van der Waals surface area contributed by atoms with Crippen LogP contribution in [-0.2, 0) is 11.2 Å². The van der Waals surface area contributed by atoms with Gasteiger partial charge in [-0.1, -0.05) is 22.9 Å². The van der Waals surface area contributed by atoms with E-state index in [2.05, 4.69) is 26.6 Å². The summed E-state index contributed by atoms with van der Waals surface area (Å²) in [6.45, 7) is 3.25. The third-order valence-corrected chi connectivity index (χ3v) is 3.22. The summed E-state index contributed by atoms with van der Waals surface area (Å²) >= 11 is 3.34. The third-order valence-electron chi connectivity index (χ3n) is 2.73. The van der Waals surface area contributed by atoms with Crippen LogP contribution in [0, 0.1) is 0 Å². The molecule has 1 rings (SSSR count). The minimum atomic E-state index is -1.35. The highest BCUT2D eigenvalue weighted by Gasteiger charge is 2.25. The van der Waals surface area contributed by atoms with Gasteiger partial charge in [-0.3, -0.25) is 0 Å². The number of nitrogens with one attached hydrogen (secondary N) is 2.